The highest BCUT2D eigenvalue weighted by molar-refractivity contribution is 6.03. The van der Waals surface area contributed by atoms with Gasteiger partial charge in [-0.1, -0.05) is 24.3 Å². The number of hydrogen-bond acceptors (Lipinski definition) is 4. The quantitative estimate of drug-likeness (QED) is 0.593. The number of carbonyl (C=O) groups excluding carboxylic acids is 1. The second-order valence-corrected chi connectivity index (χ2v) is 5.83. The summed E-state index contributed by atoms with van der Waals surface area (Å²) in [5.41, 5.74) is 9.93. The fourth-order valence-electron chi connectivity index (χ4n) is 2.98. The fourth-order valence-corrected chi connectivity index (χ4v) is 2.98. The van der Waals surface area contributed by atoms with Gasteiger partial charge in [-0.05, 0) is 30.3 Å². The molecule has 26 heavy (non-hydrogen) atoms. The fraction of sp³-hybridized carbons (Fsp3) is 0.0500. The van der Waals surface area contributed by atoms with Crippen LogP contribution in [0.25, 0.3) is 33.4 Å². The number of fused-ring (bicyclic) bond motifs is 1. The average molecular weight is 344 g/mol. The molecular weight excluding hydrogens is 328 g/mol. The molecule has 0 saturated heterocycles. The van der Waals surface area contributed by atoms with Gasteiger partial charge in [0.2, 0.25) is 5.91 Å². The summed E-state index contributed by atoms with van der Waals surface area (Å²) in [5, 5.41) is 8.40. The molecule has 0 radical (unpaired) electrons. The van der Waals surface area contributed by atoms with Crippen LogP contribution in [0, 0.1) is 0 Å². The van der Waals surface area contributed by atoms with E-state index in [1.165, 1.54) is 0 Å². The number of ether oxygens (including phenoxy) is 1. The van der Waals surface area contributed by atoms with Gasteiger partial charge in [0.15, 0.2) is 0 Å². The molecule has 0 fully saturated rings. The number of benzene rings is 2. The number of nitrogens with two attached hydrogens (primary N) is 1. The third-order valence-corrected chi connectivity index (χ3v) is 4.24. The van der Waals surface area contributed by atoms with Gasteiger partial charge < -0.3 is 10.5 Å². The van der Waals surface area contributed by atoms with Crippen molar-refractivity contribution in [3.05, 3.63) is 66.4 Å². The van der Waals surface area contributed by atoms with E-state index in [1.54, 1.807) is 31.5 Å². The van der Waals surface area contributed by atoms with Crippen molar-refractivity contribution < 1.29 is 9.53 Å². The van der Waals surface area contributed by atoms with E-state index in [2.05, 4.69) is 15.2 Å². The first-order valence-electron chi connectivity index (χ1n) is 8.05. The highest BCUT2D eigenvalue weighted by atomic mass is 16.5. The third-order valence-electron chi connectivity index (χ3n) is 4.24. The standard InChI is InChI=1S/C20H16N4O2/c1-26-15-7-3-5-13(11-15)19-17-16(23-24-19)8-9-22-18(17)12-4-2-6-14(10-12)20(21)25/h2-11H,1H3,(H2,21,25)(H,23,24). The number of hydrogen-bond donors (Lipinski definition) is 2. The number of aromatic nitrogens is 3. The Labute approximate surface area is 149 Å². The largest absolute Gasteiger partial charge is 0.497 e. The van der Waals surface area contributed by atoms with Crippen molar-refractivity contribution in [1.29, 1.82) is 0 Å². The molecule has 0 saturated carbocycles. The minimum atomic E-state index is -0.473. The maximum atomic E-state index is 11.5. The van der Waals surface area contributed by atoms with Crippen LogP contribution in [0.15, 0.2) is 60.8 Å². The second kappa shape index (κ2) is 6.33. The molecule has 2 heterocycles. The Morgan fingerprint density at radius 1 is 1.04 bits per heavy atom. The van der Waals surface area contributed by atoms with Gasteiger partial charge in [-0.2, -0.15) is 5.10 Å². The van der Waals surface area contributed by atoms with E-state index in [1.807, 2.05) is 36.4 Å². The molecule has 0 atom stereocenters. The van der Waals surface area contributed by atoms with Gasteiger partial charge in [-0.3, -0.25) is 14.9 Å². The van der Waals surface area contributed by atoms with Crippen LogP contribution in [0.5, 0.6) is 5.75 Å². The van der Waals surface area contributed by atoms with Crippen LogP contribution in [0.1, 0.15) is 10.4 Å². The Bertz CT molecular complexity index is 1120. The Balaban J connectivity index is 1.95. The maximum Gasteiger partial charge on any atom is 0.248 e. The Hall–Kier alpha value is -3.67. The Kier molecular flexibility index (Phi) is 3.85. The lowest BCUT2D eigenvalue weighted by Crippen LogP contribution is -2.10. The monoisotopic (exact) mass is 344 g/mol. The topological polar surface area (TPSA) is 93.9 Å². The van der Waals surface area contributed by atoms with Crippen LogP contribution in [0.2, 0.25) is 0 Å². The lowest BCUT2D eigenvalue weighted by atomic mass is 10.0. The zero-order chi connectivity index (χ0) is 18.1. The first kappa shape index (κ1) is 15.8. The number of amides is 1. The minimum Gasteiger partial charge on any atom is -0.497 e. The van der Waals surface area contributed by atoms with E-state index in [9.17, 15) is 4.79 Å². The summed E-state index contributed by atoms with van der Waals surface area (Å²) in [5.74, 6) is 0.277. The van der Waals surface area contributed by atoms with E-state index in [-0.39, 0.29) is 0 Å². The average Bonchev–Trinajstić information content (AvgIpc) is 3.12. The molecule has 0 spiro atoms. The molecule has 2 aromatic heterocycles. The van der Waals surface area contributed by atoms with Crippen LogP contribution in [-0.2, 0) is 0 Å². The second-order valence-electron chi connectivity index (χ2n) is 5.83. The lowest BCUT2D eigenvalue weighted by Gasteiger charge is -2.07. The summed E-state index contributed by atoms with van der Waals surface area (Å²) in [6.07, 6.45) is 1.71. The maximum absolute atomic E-state index is 11.5. The molecule has 0 aliphatic heterocycles. The molecule has 4 aromatic rings. The number of nitrogens with zero attached hydrogens (tertiary/aromatic N) is 2. The van der Waals surface area contributed by atoms with Crippen molar-refractivity contribution >= 4 is 16.8 Å². The van der Waals surface area contributed by atoms with Crippen LogP contribution < -0.4 is 10.5 Å². The number of pyridine rings is 1. The van der Waals surface area contributed by atoms with Crippen molar-refractivity contribution in [2.24, 2.45) is 5.73 Å². The summed E-state index contributed by atoms with van der Waals surface area (Å²) in [7, 11) is 1.63. The first-order chi connectivity index (χ1) is 12.7. The number of H-pyrrole nitrogens is 1. The normalized spacial score (nSPS) is 10.8. The van der Waals surface area contributed by atoms with Gasteiger partial charge >= 0.3 is 0 Å². The van der Waals surface area contributed by atoms with Gasteiger partial charge in [0.05, 0.1) is 23.7 Å². The first-order valence-corrected chi connectivity index (χ1v) is 8.05. The molecule has 0 unspecified atom stereocenters. The summed E-state index contributed by atoms with van der Waals surface area (Å²) in [6.45, 7) is 0. The number of methoxy groups -OCH3 is 1. The molecule has 1 amide bonds. The molecule has 3 N–H and O–H groups in total. The van der Waals surface area contributed by atoms with E-state index in [0.29, 0.717) is 5.56 Å². The molecular formula is C20H16N4O2. The number of aromatic amines is 1. The van der Waals surface area contributed by atoms with Gasteiger partial charge in [0.25, 0.3) is 0 Å². The van der Waals surface area contributed by atoms with Crippen molar-refractivity contribution in [1.82, 2.24) is 15.2 Å². The molecule has 2 aromatic carbocycles. The van der Waals surface area contributed by atoms with Crippen LogP contribution in [0.4, 0.5) is 0 Å². The highest BCUT2D eigenvalue weighted by Crippen LogP contribution is 2.34. The van der Waals surface area contributed by atoms with Crippen LogP contribution in [-0.4, -0.2) is 28.2 Å². The molecule has 0 aliphatic carbocycles. The van der Waals surface area contributed by atoms with Crippen molar-refractivity contribution in [2.75, 3.05) is 7.11 Å². The van der Waals surface area contributed by atoms with E-state index in [0.717, 1.165) is 39.2 Å². The molecule has 4 rings (SSSR count). The number of rotatable bonds is 4. The molecule has 0 bridgehead atoms. The molecule has 0 aliphatic rings. The number of primary amides is 1. The predicted octanol–water partition coefficient (Wildman–Crippen LogP) is 3.40. The SMILES string of the molecule is COc1cccc(-c2n[nH]c3ccnc(-c4cccc(C(N)=O)c4)c23)c1. The predicted molar refractivity (Wildman–Crippen MR) is 99.8 cm³/mol. The minimum absolute atomic E-state index is 0.438. The van der Waals surface area contributed by atoms with E-state index < -0.39 is 5.91 Å². The number of nitrogens with one attached hydrogen (secondary N) is 1. The molecule has 6 nitrogen and oxygen atoms in total. The van der Waals surface area contributed by atoms with Crippen molar-refractivity contribution in [2.45, 2.75) is 0 Å². The van der Waals surface area contributed by atoms with Crippen LogP contribution >= 0.6 is 0 Å². The van der Waals surface area contributed by atoms with E-state index in [4.69, 9.17) is 10.5 Å². The summed E-state index contributed by atoms with van der Waals surface area (Å²) < 4.78 is 5.32. The summed E-state index contributed by atoms with van der Waals surface area (Å²) >= 11 is 0. The molecule has 128 valence electrons. The zero-order valence-electron chi connectivity index (χ0n) is 14.1. The van der Waals surface area contributed by atoms with Gasteiger partial charge in [-0.15, -0.1) is 0 Å². The highest BCUT2D eigenvalue weighted by Gasteiger charge is 2.16. The molecule has 6 heteroatoms. The summed E-state index contributed by atoms with van der Waals surface area (Å²) in [4.78, 5) is 16.1. The third kappa shape index (κ3) is 2.67. The van der Waals surface area contributed by atoms with Gasteiger partial charge in [0.1, 0.15) is 11.4 Å². The van der Waals surface area contributed by atoms with Crippen molar-refractivity contribution in [3.63, 3.8) is 0 Å². The summed E-state index contributed by atoms with van der Waals surface area (Å²) in [6, 6.07) is 16.7. The smallest absolute Gasteiger partial charge is 0.248 e. The lowest BCUT2D eigenvalue weighted by molar-refractivity contribution is 0.100. The van der Waals surface area contributed by atoms with E-state index >= 15 is 0 Å². The Morgan fingerprint density at radius 2 is 1.81 bits per heavy atom. The number of carbonyl (C=O) groups is 1. The van der Waals surface area contributed by atoms with Crippen molar-refractivity contribution in [3.8, 4) is 28.3 Å². The van der Waals surface area contributed by atoms with Gasteiger partial charge in [-0.25, -0.2) is 0 Å². The Morgan fingerprint density at radius 3 is 2.58 bits per heavy atom. The van der Waals surface area contributed by atoms with Crippen LogP contribution in [0.3, 0.4) is 0 Å². The van der Waals surface area contributed by atoms with Gasteiger partial charge in [0, 0.05) is 22.9 Å². The zero-order valence-corrected chi connectivity index (χ0v) is 14.1.